The van der Waals surface area contributed by atoms with Crippen molar-refractivity contribution in [2.45, 2.75) is 0 Å². The third-order valence-electron chi connectivity index (χ3n) is 7.17. The van der Waals surface area contributed by atoms with E-state index in [0.717, 1.165) is 28.4 Å². The highest BCUT2D eigenvalue weighted by Crippen LogP contribution is 2.38. The number of fused-ring (bicyclic) bond motifs is 1. The lowest BCUT2D eigenvalue weighted by Crippen LogP contribution is -2.12. The van der Waals surface area contributed by atoms with Crippen LogP contribution in [0.3, 0.4) is 0 Å². The van der Waals surface area contributed by atoms with Crippen LogP contribution < -0.4 is 9.80 Å². The van der Waals surface area contributed by atoms with Crippen molar-refractivity contribution in [1.29, 1.82) is 0 Å². The number of nitro benzene ring substituents is 1. The fourth-order valence-electron chi connectivity index (χ4n) is 4.97. The zero-order chi connectivity index (χ0) is 27.5. The fourth-order valence-corrected chi connectivity index (χ4v) is 4.97. The first-order valence-electron chi connectivity index (χ1n) is 13.1. The van der Waals surface area contributed by atoms with Gasteiger partial charge in [0, 0.05) is 47.6 Å². The van der Waals surface area contributed by atoms with Crippen LogP contribution in [0.25, 0.3) is 21.9 Å². The molecule has 5 heteroatoms. The second kappa shape index (κ2) is 10.8. The van der Waals surface area contributed by atoms with Crippen LogP contribution in [0.1, 0.15) is 0 Å². The molecule has 6 rings (SSSR count). The number of non-ortho nitro benzene ring substituents is 1. The van der Waals surface area contributed by atoms with Crippen molar-refractivity contribution in [1.82, 2.24) is 0 Å². The number of hydrogen-bond donors (Lipinski definition) is 0. The summed E-state index contributed by atoms with van der Waals surface area (Å²) in [5, 5.41) is 13.4. The minimum atomic E-state index is -0.383. The van der Waals surface area contributed by atoms with Crippen molar-refractivity contribution in [2.75, 3.05) is 16.8 Å². The lowest BCUT2D eigenvalue weighted by molar-refractivity contribution is -0.384. The quantitative estimate of drug-likeness (QED) is 0.155. The summed E-state index contributed by atoms with van der Waals surface area (Å²) >= 11 is 0. The van der Waals surface area contributed by atoms with Gasteiger partial charge in [0.05, 0.1) is 4.92 Å². The minimum Gasteiger partial charge on any atom is -0.345 e. The molecule has 0 spiro atoms. The summed E-state index contributed by atoms with van der Waals surface area (Å²) in [6.07, 6.45) is 0. The standard InChI is InChI=1S/C35H27N3O2/c1-36(31-19-23-34(24-20-31)38(39)40)30-17-21-33(22-18-30)37(35-16-13-27-9-5-6-10-29(27)25-35)32-14-11-28(12-15-32)26-7-3-2-4-8-26/h2-25H,1H3. The molecule has 0 aliphatic heterocycles. The third-order valence-corrected chi connectivity index (χ3v) is 7.17. The smallest absolute Gasteiger partial charge is 0.269 e. The van der Waals surface area contributed by atoms with Crippen molar-refractivity contribution in [3.63, 3.8) is 0 Å². The van der Waals surface area contributed by atoms with Gasteiger partial charge in [0.15, 0.2) is 0 Å². The van der Waals surface area contributed by atoms with E-state index in [1.807, 2.05) is 18.0 Å². The van der Waals surface area contributed by atoms with Crippen LogP contribution in [0.2, 0.25) is 0 Å². The second-order valence-electron chi connectivity index (χ2n) is 9.63. The SMILES string of the molecule is CN(c1ccc(N(c2ccc(-c3ccccc3)cc2)c2ccc3ccccc3c2)cc1)c1ccc([N+](=O)[O-])cc1. The average molecular weight is 522 g/mol. The summed E-state index contributed by atoms with van der Waals surface area (Å²) in [7, 11) is 1.96. The van der Waals surface area contributed by atoms with Gasteiger partial charge in [-0.15, -0.1) is 0 Å². The van der Waals surface area contributed by atoms with E-state index in [0.29, 0.717) is 0 Å². The Balaban J connectivity index is 1.37. The Hall–Kier alpha value is -5.42. The van der Waals surface area contributed by atoms with E-state index in [-0.39, 0.29) is 10.6 Å². The normalized spacial score (nSPS) is 10.8. The molecule has 0 saturated carbocycles. The van der Waals surface area contributed by atoms with Crippen LogP contribution in [0.15, 0.2) is 146 Å². The van der Waals surface area contributed by atoms with Gasteiger partial charge in [-0.1, -0.05) is 72.8 Å². The molecular formula is C35H27N3O2. The number of benzene rings is 6. The number of rotatable bonds is 7. The van der Waals surface area contributed by atoms with Gasteiger partial charge in [-0.05, 0) is 82.6 Å². The largest absolute Gasteiger partial charge is 0.345 e. The zero-order valence-electron chi connectivity index (χ0n) is 22.0. The molecule has 0 bridgehead atoms. The summed E-state index contributed by atoms with van der Waals surface area (Å²) < 4.78 is 0. The van der Waals surface area contributed by atoms with E-state index in [9.17, 15) is 10.1 Å². The van der Waals surface area contributed by atoms with Gasteiger partial charge in [0.1, 0.15) is 0 Å². The minimum absolute atomic E-state index is 0.0804. The third kappa shape index (κ3) is 5.00. The molecule has 0 amide bonds. The number of nitro groups is 1. The fraction of sp³-hybridized carbons (Fsp3) is 0.0286. The van der Waals surface area contributed by atoms with Crippen molar-refractivity contribution in [3.05, 3.63) is 156 Å². The van der Waals surface area contributed by atoms with Gasteiger partial charge in [-0.25, -0.2) is 0 Å². The first-order chi connectivity index (χ1) is 19.6. The molecule has 0 heterocycles. The van der Waals surface area contributed by atoms with Gasteiger partial charge in [-0.2, -0.15) is 0 Å². The molecule has 40 heavy (non-hydrogen) atoms. The Labute approximate surface area is 233 Å². The van der Waals surface area contributed by atoms with E-state index in [1.165, 1.54) is 34.0 Å². The summed E-state index contributed by atoms with van der Waals surface area (Å²) in [4.78, 5) is 14.9. The van der Waals surface area contributed by atoms with Crippen molar-refractivity contribution >= 4 is 44.9 Å². The molecule has 194 valence electrons. The molecule has 0 radical (unpaired) electrons. The number of anilines is 5. The summed E-state index contributed by atoms with van der Waals surface area (Å²) in [6.45, 7) is 0. The van der Waals surface area contributed by atoms with E-state index < -0.39 is 0 Å². The first-order valence-corrected chi connectivity index (χ1v) is 13.1. The van der Waals surface area contributed by atoms with Crippen LogP contribution >= 0.6 is 0 Å². The Bertz CT molecular complexity index is 1770. The molecule has 0 aliphatic rings. The highest BCUT2D eigenvalue weighted by atomic mass is 16.6. The molecule has 6 aromatic rings. The number of hydrogen-bond acceptors (Lipinski definition) is 4. The van der Waals surface area contributed by atoms with Crippen molar-refractivity contribution < 1.29 is 4.92 Å². The lowest BCUT2D eigenvalue weighted by Gasteiger charge is -2.27. The Morgan fingerprint density at radius 2 is 0.975 bits per heavy atom. The van der Waals surface area contributed by atoms with Crippen LogP contribution in [0.4, 0.5) is 34.1 Å². The van der Waals surface area contributed by atoms with Crippen LogP contribution in [-0.4, -0.2) is 12.0 Å². The van der Waals surface area contributed by atoms with Gasteiger partial charge >= 0.3 is 0 Å². The van der Waals surface area contributed by atoms with Crippen LogP contribution in [0, 0.1) is 10.1 Å². The highest BCUT2D eigenvalue weighted by molar-refractivity contribution is 5.89. The predicted octanol–water partition coefficient (Wildman–Crippen LogP) is 9.65. The summed E-state index contributed by atoms with van der Waals surface area (Å²) in [6, 6.07) is 48.9. The Kier molecular flexibility index (Phi) is 6.69. The lowest BCUT2D eigenvalue weighted by atomic mass is 10.0. The van der Waals surface area contributed by atoms with Crippen LogP contribution in [-0.2, 0) is 0 Å². The van der Waals surface area contributed by atoms with Gasteiger partial charge in [0.25, 0.3) is 5.69 Å². The maximum atomic E-state index is 11.0. The highest BCUT2D eigenvalue weighted by Gasteiger charge is 2.15. The molecule has 5 nitrogen and oxygen atoms in total. The molecule has 0 atom stereocenters. The van der Waals surface area contributed by atoms with E-state index in [4.69, 9.17) is 0 Å². The summed E-state index contributed by atoms with van der Waals surface area (Å²) in [5.74, 6) is 0. The first kappa shape index (κ1) is 24.9. The van der Waals surface area contributed by atoms with E-state index in [1.54, 1.807) is 12.1 Å². The predicted molar refractivity (Wildman–Crippen MR) is 165 cm³/mol. The van der Waals surface area contributed by atoms with Crippen molar-refractivity contribution in [2.24, 2.45) is 0 Å². The Morgan fingerprint density at radius 3 is 1.60 bits per heavy atom. The maximum absolute atomic E-state index is 11.0. The van der Waals surface area contributed by atoms with Gasteiger partial charge < -0.3 is 9.80 Å². The molecule has 6 aromatic carbocycles. The molecule has 0 aliphatic carbocycles. The van der Waals surface area contributed by atoms with E-state index in [2.05, 4.69) is 120 Å². The van der Waals surface area contributed by atoms with Crippen molar-refractivity contribution in [3.8, 4) is 11.1 Å². The topological polar surface area (TPSA) is 49.6 Å². The second-order valence-corrected chi connectivity index (χ2v) is 9.63. The molecule has 0 unspecified atom stereocenters. The van der Waals surface area contributed by atoms with Gasteiger partial charge in [-0.3, -0.25) is 10.1 Å². The molecule has 0 N–H and O–H groups in total. The summed E-state index contributed by atoms with van der Waals surface area (Å²) in [5.41, 5.74) is 7.46. The molecule has 0 saturated heterocycles. The average Bonchev–Trinajstić information content (AvgIpc) is 3.02. The molecule has 0 fully saturated rings. The zero-order valence-corrected chi connectivity index (χ0v) is 22.0. The van der Waals surface area contributed by atoms with Gasteiger partial charge in [0.2, 0.25) is 0 Å². The van der Waals surface area contributed by atoms with Crippen LogP contribution in [0.5, 0.6) is 0 Å². The number of nitrogens with zero attached hydrogens (tertiary/aromatic N) is 3. The Morgan fingerprint density at radius 1 is 0.500 bits per heavy atom. The maximum Gasteiger partial charge on any atom is 0.269 e. The molecular weight excluding hydrogens is 494 g/mol. The molecule has 0 aromatic heterocycles. The van der Waals surface area contributed by atoms with E-state index >= 15 is 0 Å². The monoisotopic (exact) mass is 521 g/mol.